The van der Waals surface area contributed by atoms with Crippen LogP contribution in [-0.4, -0.2) is 34.5 Å². The Morgan fingerprint density at radius 2 is 1.46 bits per heavy atom. The minimum atomic E-state index is -5.10. The average Bonchev–Trinajstić information content (AvgIpc) is 2.86. The molecule has 0 spiro atoms. The normalized spacial score (nSPS) is 12.3. The van der Waals surface area contributed by atoms with Gasteiger partial charge in [-0.3, -0.25) is 9.59 Å². The summed E-state index contributed by atoms with van der Waals surface area (Å²) in [6.45, 7) is 1.53. The number of benzene rings is 3. The molecule has 1 aliphatic carbocycles. The number of nitrogens with one attached hydrogen (secondary N) is 2. The molecule has 0 unspecified atom stereocenters. The largest absolute Gasteiger partial charge is 1.00 e. The summed E-state index contributed by atoms with van der Waals surface area (Å²) in [5, 5.41) is 5.91. The van der Waals surface area contributed by atoms with Crippen molar-refractivity contribution in [3.05, 3.63) is 93.6 Å². The van der Waals surface area contributed by atoms with E-state index in [0.717, 1.165) is 6.07 Å². The van der Waals surface area contributed by atoms with Crippen LogP contribution in [0.15, 0.2) is 59.5 Å². The van der Waals surface area contributed by atoms with E-state index in [9.17, 15) is 27.0 Å². The number of anilines is 5. The maximum absolute atomic E-state index is 13.6. The van der Waals surface area contributed by atoms with Gasteiger partial charge in [0.1, 0.15) is 15.1 Å². The van der Waals surface area contributed by atoms with E-state index in [1.54, 1.807) is 36.4 Å². The smallest absolute Gasteiger partial charge is 0.744 e. The number of hydrogen-bond acceptors (Lipinski definition) is 10. The van der Waals surface area contributed by atoms with Gasteiger partial charge in [0.2, 0.25) is 0 Å². The Labute approximate surface area is 248 Å². The van der Waals surface area contributed by atoms with Crippen molar-refractivity contribution in [2.45, 2.75) is 11.8 Å². The first kappa shape index (κ1) is 28.6. The average molecular weight is 576 g/mol. The predicted octanol–water partition coefficient (Wildman–Crippen LogP) is 1.33. The molecule has 0 saturated heterocycles. The van der Waals surface area contributed by atoms with Crippen LogP contribution in [0.1, 0.15) is 37.5 Å². The summed E-state index contributed by atoms with van der Waals surface area (Å²) in [7, 11) is -5.10. The minimum absolute atomic E-state index is 0. The number of nitrogens with two attached hydrogens (primary N) is 1. The van der Waals surface area contributed by atoms with Crippen LogP contribution in [0.3, 0.4) is 0 Å². The second-order valence-electron chi connectivity index (χ2n) is 8.31. The number of nitrogen functional groups attached to an aromatic ring is 1. The summed E-state index contributed by atoms with van der Waals surface area (Å²) in [6, 6.07) is 13.2. The molecule has 1 heterocycles. The van der Waals surface area contributed by atoms with Gasteiger partial charge in [-0.25, -0.2) is 13.4 Å². The fraction of sp³-hybridized carbons (Fsp3) is 0.0400. The third kappa shape index (κ3) is 5.26. The summed E-state index contributed by atoms with van der Waals surface area (Å²) in [5.41, 5.74) is 6.02. The van der Waals surface area contributed by atoms with Crippen molar-refractivity contribution in [2.24, 2.45) is 0 Å². The zero-order valence-corrected chi connectivity index (χ0v) is 23.9. The number of rotatable bonds is 5. The quantitative estimate of drug-likeness (QED) is 0.120. The monoisotopic (exact) mass is 575 g/mol. The van der Waals surface area contributed by atoms with Crippen molar-refractivity contribution in [3.63, 3.8) is 0 Å². The molecule has 10 nitrogen and oxygen atoms in total. The van der Waals surface area contributed by atoms with Gasteiger partial charge in [0.25, 0.3) is 0 Å². The van der Waals surface area contributed by atoms with E-state index in [-0.39, 0.29) is 74.0 Å². The number of hydrogen-bond donors (Lipinski definition) is 3. The molecule has 0 atom stereocenters. The molecule has 1 aliphatic rings. The first-order chi connectivity index (χ1) is 18.0. The van der Waals surface area contributed by atoms with Crippen molar-refractivity contribution in [2.75, 3.05) is 16.4 Å². The second kappa shape index (κ2) is 10.6. The third-order valence-electron chi connectivity index (χ3n) is 5.89. The Hall–Kier alpha value is -3.39. The van der Waals surface area contributed by atoms with E-state index in [4.69, 9.17) is 17.3 Å². The summed E-state index contributed by atoms with van der Waals surface area (Å²) >= 11 is 6.14. The van der Waals surface area contributed by atoms with Gasteiger partial charge in [0, 0.05) is 22.5 Å². The van der Waals surface area contributed by atoms with Crippen molar-refractivity contribution in [3.8, 4) is 0 Å². The Bertz CT molecular complexity index is 1790. The Morgan fingerprint density at radius 1 is 0.923 bits per heavy atom. The summed E-state index contributed by atoms with van der Waals surface area (Å²) in [4.78, 5) is 33.0. The topological polar surface area (TPSA) is 167 Å². The number of aromatic nitrogens is 2. The van der Waals surface area contributed by atoms with Crippen LogP contribution in [0.2, 0.25) is 5.02 Å². The van der Waals surface area contributed by atoms with Crippen LogP contribution in [0, 0.1) is 13.0 Å². The molecular formula is C25H16ClFN5NaO5S. The molecule has 5 rings (SSSR count). The molecule has 39 heavy (non-hydrogen) atoms. The fourth-order valence-corrected chi connectivity index (χ4v) is 4.90. The van der Waals surface area contributed by atoms with Gasteiger partial charge in [0.15, 0.2) is 17.4 Å². The molecule has 192 valence electrons. The maximum atomic E-state index is 13.6. The van der Waals surface area contributed by atoms with E-state index < -0.39 is 38.3 Å². The molecule has 4 N–H and O–H groups in total. The number of halogens is 2. The van der Waals surface area contributed by atoms with Gasteiger partial charge in [-0.05, 0) is 37.3 Å². The number of nitrogens with zero attached hydrogens (tertiary/aromatic N) is 2. The van der Waals surface area contributed by atoms with Crippen LogP contribution in [0.25, 0.3) is 0 Å². The van der Waals surface area contributed by atoms with E-state index in [2.05, 4.69) is 20.6 Å². The Kier molecular flexibility index (Phi) is 7.81. The van der Waals surface area contributed by atoms with Crippen LogP contribution in [0.5, 0.6) is 0 Å². The SMILES string of the molecule is Cc1nc(F)nc(Nc2ccc(Nc3cc(S(=O)(=O)[O-])c(N)c4c3C(=O)c3ccccc3C4=O)cc2)c1Cl.[Na+]. The fourth-order valence-electron chi connectivity index (χ4n) is 4.14. The van der Waals surface area contributed by atoms with Gasteiger partial charge in [-0.1, -0.05) is 35.9 Å². The molecule has 3 aromatic carbocycles. The minimum Gasteiger partial charge on any atom is -0.744 e. The Balaban J connectivity index is 0.00000353. The van der Waals surface area contributed by atoms with Crippen molar-refractivity contribution in [1.82, 2.24) is 9.97 Å². The van der Waals surface area contributed by atoms with Crippen LogP contribution >= 0.6 is 11.6 Å². The molecule has 4 aromatic rings. The van der Waals surface area contributed by atoms with Gasteiger partial charge in [-0.15, -0.1) is 0 Å². The van der Waals surface area contributed by atoms with Crippen molar-refractivity contribution < 1.29 is 56.5 Å². The van der Waals surface area contributed by atoms with Gasteiger partial charge >= 0.3 is 35.6 Å². The zero-order chi connectivity index (χ0) is 27.4. The maximum Gasteiger partial charge on any atom is 1.00 e. The first-order valence-electron chi connectivity index (χ1n) is 10.9. The zero-order valence-electron chi connectivity index (χ0n) is 20.4. The molecule has 0 amide bonds. The van der Waals surface area contributed by atoms with Gasteiger partial charge < -0.3 is 20.9 Å². The first-order valence-corrected chi connectivity index (χ1v) is 12.7. The van der Waals surface area contributed by atoms with Crippen molar-refractivity contribution in [1.29, 1.82) is 0 Å². The standard InChI is InChI=1S/C25H17ClFN5O5S.Na/c1-11-20(26)24(32-25(27)29-11)31-13-8-6-12(7-9-13)30-16-10-17(38(35,36)37)21(28)19-18(16)22(33)14-4-2-3-5-15(14)23(19)34;/h2-10,30H,28H2,1H3,(H,29,31,32)(H,35,36,37);/q;+1/p-1. The number of carbonyl (C=O) groups excluding carboxylic acids is 2. The van der Waals surface area contributed by atoms with E-state index >= 15 is 0 Å². The molecule has 0 fully saturated rings. The Morgan fingerprint density at radius 3 is 2.03 bits per heavy atom. The molecule has 14 heteroatoms. The van der Waals surface area contributed by atoms with E-state index in [0.29, 0.717) is 11.4 Å². The van der Waals surface area contributed by atoms with E-state index in [1.165, 1.54) is 19.1 Å². The summed E-state index contributed by atoms with van der Waals surface area (Å²) < 4.78 is 49.5. The molecule has 0 saturated carbocycles. The molecule has 0 bridgehead atoms. The van der Waals surface area contributed by atoms with Crippen molar-refractivity contribution >= 4 is 61.9 Å². The van der Waals surface area contributed by atoms with Gasteiger partial charge in [-0.2, -0.15) is 9.37 Å². The van der Waals surface area contributed by atoms with E-state index in [1.807, 2.05) is 0 Å². The van der Waals surface area contributed by atoms with Crippen LogP contribution in [0.4, 0.5) is 33.0 Å². The summed E-state index contributed by atoms with van der Waals surface area (Å²) in [6.07, 6.45) is -0.953. The number of aryl methyl sites for hydroxylation is 1. The number of ketones is 2. The summed E-state index contributed by atoms with van der Waals surface area (Å²) in [5.74, 6) is -1.18. The molecule has 0 aliphatic heterocycles. The molecular weight excluding hydrogens is 560 g/mol. The van der Waals surface area contributed by atoms with Gasteiger partial charge in [0.05, 0.1) is 33.1 Å². The number of carbonyl (C=O) groups is 2. The van der Waals surface area contributed by atoms with Crippen LogP contribution < -0.4 is 45.9 Å². The second-order valence-corrected chi connectivity index (χ2v) is 10.0. The molecule has 1 aromatic heterocycles. The predicted molar refractivity (Wildman–Crippen MR) is 137 cm³/mol. The number of fused-ring (bicyclic) bond motifs is 2. The van der Waals surface area contributed by atoms with Crippen LogP contribution in [-0.2, 0) is 10.1 Å². The molecule has 0 radical (unpaired) electrons. The third-order valence-corrected chi connectivity index (χ3v) is 7.21.